The Morgan fingerprint density at radius 1 is 0.508 bits per heavy atom. The molecular weight excluding hydrogens is 758 g/mol. The molecule has 0 aromatic rings. The topological polar surface area (TPSA) is 94.1 Å². The number of unbranched alkanes of at least 4 members (excludes halogenated alkanes) is 32. The number of phosphoric acid groups is 1. The largest absolute Gasteiger partial charge is 0.756 e. The minimum absolute atomic E-state index is 0.0283. The van der Waals surface area contributed by atoms with Crippen molar-refractivity contribution in [3.63, 3.8) is 0 Å². The van der Waals surface area contributed by atoms with E-state index in [9.17, 15) is 14.3 Å². The number of allylic oxidation sites excluding steroid dienone is 2. The van der Waals surface area contributed by atoms with Crippen molar-refractivity contribution in [2.75, 3.05) is 54.1 Å². The van der Waals surface area contributed by atoms with Gasteiger partial charge in [0, 0.05) is 13.0 Å². The lowest BCUT2D eigenvalue weighted by atomic mass is 10.0. The standard InChI is InChI=1S/C50H100NO7P/c1-6-8-10-12-14-16-18-20-21-22-23-24-25-26-27-28-29-30-31-32-33-35-37-39-41-43-50(52)58-49(48-57-59(53,54)56-46-44-51(3,4)5)47-55-45-42-40-38-36-34-19-17-15-13-11-9-7-2/h13,15,49H,6-12,14,16-48H2,1-5H3/b15-13-. The molecule has 0 aromatic carbocycles. The van der Waals surface area contributed by atoms with Crippen molar-refractivity contribution in [1.82, 2.24) is 0 Å². The summed E-state index contributed by atoms with van der Waals surface area (Å²) in [6.07, 6.45) is 49.6. The molecule has 0 saturated heterocycles. The first-order valence-corrected chi connectivity index (χ1v) is 26.9. The number of rotatable bonds is 48. The fourth-order valence-corrected chi connectivity index (χ4v) is 8.08. The highest BCUT2D eigenvalue weighted by molar-refractivity contribution is 7.45. The Morgan fingerprint density at radius 2 is 0.898 bits per heavy atom. The van der Waals surface area contributed by atoms with Crippen molar-refractivity contribution >= 4 is 13.8 Å². The zero-order valence-corrected chi connectivity index (χ0v) is 40.9. The highest BCUT2D eigenvalue weighted by atomic mass is 31.2. The van der Waals surface area contributed by atoms with Gasteiger partial charge in [-0.05, 0) is 32.1 Å². The lowest BCUT2D eigenvalue weighted by molar-refractivity contribution is -0.870. The Balaban J connectivity index is 4.00. The molecular formula is C50H100NO7P. The van der Waals surface area contributed by atoms with Crippen LogP contribution in [-0.4, -0.2) is 70.7 Å². The van der Waals surface area contributed by atoms with E-state index in [1.807, 2.05) is 21.1 Å². The molecule has 8 nitrogen and oxygen atoms in total. The zero-order valence-electron chi connectivity index (χ0n) is 40.0. The number of carbonyl (C=O) groups is 1. The van der Waals surface area contributed by atoms with E-state index >= 15 is 0 Å². The molecule has 0 N–H and O–H groups in total. The van der Waals surface area contributed by atoms with Gasteiger partial charge >= 0.3 is 5.97 Å². The summed E-state index contributed by atoms with van der Waals surface area (Å²) >= 11 is 0. The van der Waals surface area contributed by atoms with Gasteiger partial charge in [0.2, 0.25) is 0 Å². The van der Waals surface area contributed by atoms with Crippen LogP contribution >= 0.6 is 7.82 Å². The fraction of sp³-hybridized carbons (Fsp3) is 0.940. The summed E-state index contributed by atoms with van der Waals surface area (Å²) in [5.41, 5.74) is 0. The third-order valence-electron chi connectivity index (χ3n) is 11.3. The molecule has 0 aliphatic heterocycles. The molecule has 59 heavy (non-hydrogen) atoms. The first-order chi connectivity index (χ1) is 28.6. The maximum absolute atomic E-state index is 12.7. The maximum Gasteiger partial charge on any atom is 0.306 e. The average molecular weight is 858 g/mol. The van der Waals surface area contributed by atoms with E-state index in [0.29, 0.717) is 24.1 Å². The number of nitrogens with zero attached hydrogens (tertiary/aromatic N) is 1. The number of likely N-dealkylation sites (N-methyl/N-ethyl adjacent to an activating group) is 1. The second-order valence-electron chi connectivity index (χ2n) is 18.5. The molecule has 0 rings (SSSR count). The van der Waals surface area contributed by atoms with Gasteiger partial charge in [-0.3, -0.25) is 9.36 Å². The van der Waals surface area contributed by atoms with Gasteiger partial charge in [0.15, 0.2) is 0 Å². The minimum Gasteiger partial charge on any atom is -0.756 e. The summed E-state index contributed by atoms with van der Waals surface area (Å²) in [7, 11) is 1.37. The molecule has 0 aromatic heterocycles. The third-order valence-corrected chi connectivity index (χ3v) is 12.3. The maximum atomic E-state index is 12.7. The van der Waals surface area contributed by atoms with E-state index in [0.717, 1.165) is 32.1 Å². The molecule has 0 aliphatic carbocycles. The van der Waals surface area contributed by atoms with Gasteiger partial charge in [-0.2, -0.15) is 0 Å². The molecule has 0 bridgehead atoms. The van der Waals surface area contributed by atoms with Crippen LogP contribution in [-0.2, 0) is 27.9 Å². The van der Waals surface area contributed by atoms with E-state index in [-0.39, 0.29) is 25.8 Å². The molecule has 0 heterocycles. The van der Waals surface area contributed by atoms with Gasteiger partial charge < -0.3 is 27.9 Å². The first kappa shape index (κ1) is 58.2. The molecule has 2 atom stereocenters. The molecule has 2 unspecified atom stereocenters. The predicted molar refractivity (Wildman–Crippen MR) is 250 cm³/mol. The van der Waals surface area contributed by atoms with Gasteiger partial charge in [0.25, 0.3) is 7.82 Å². The highest BCUT2D eigenvalue weighted by Gasteiger charge is 2.20. The number of phosphoric ester groups is 1. The Hall–Kier alpha value is -0.760. The van der Waals surface area contributed by atoms with E-state index in [4.69, 9.17) is 18.5 Å². The van der Waals surface area contributed by atoms with Crippen molar-refractivity contribution in [2.24, 2.45) is 0 Å². The van der Waals surface area contributed by atoms with E-state index < -0.39 is 13.9 Å². The van der Waals surface area contributed by atoms with Crippen molar-refractivity contribution in [1.29, 1.82) is 0 Å². The smallest absolute Gasteiger partial charge is 0.306 e. The van der Waals surface area contributed by atoms with Gasteiger partial charge in [-0.15, -0.1) is 0 Å². The normalized spacial score (nSPS) is 13.7. The number of hydrogen-bond acceptors (Lipinski definition) is 7. The van der Waals surface area contributed by atoms with Crippen LogP contribution in [0, 0.1) is 0 Å². The van der Waals surface area contributed by atoms with Crippen molar-refractivity contribution in [2.45, 2.75) is 251 Å². The first-order valence-electron chi connectivity index (χ1n) is 25.4. The van der Waals surface area contributed by atoms with Crippen LogP contribution in [0.15, 0.2) is 12.2 Å². The van der Waals surface area contributed by atoms with Crippen LogP contribution in [0.3, 0.4) is 0 Å². The lowest BCUT2D eigenvalue weighted by Crippen LogP contribution is -2.37. The average Bonchev–Trinajstić information content (AvgIpc) is 3.19. The molecule has 0 spiro atoms. The summed E-state index contributed by atoms with van der Waals surface area (Å²) < 4.78 is 34.7. The molecule has 0 fully saturated rings. The van der Waals surface area contributed by atoms with Crippen LogP contribution in [0.2, 0.25) is 0 Å². The Morgan fingerprint density at radius 3 is 1.34 bits per heavy atom. The summed E-state index contributed by atoms with van der Waals surface area (Å²) in [6, 6.07) is 0. The van der Waals surface area contributed by atoms with E-state index in [1.54, 1.807) is 0 Å². The summed E-state index contributed by atoms with van der Waals surface area (Å²) in [5, 5.41) is 0. The molecule has 0 aliphatic rings. The molecule has 0 amide bonds. The van der Waals surface area contributed by atoms with E-state index in [2.05, 4.69) is 26.0 Å². The number of carbonyl (C=O) groups excluding carboxylic acids is 1. The summed E-state index contributed by atoms with van der Waals surface area (Å²) in [5.74, 6) is -0.330. The van der Waals surface area contributed by atoms with Crippen LogP contribution in [0.25, 0.3) is 0 Å². The molecule has 0 radical (unpaired) electrons. The quantitative estimate of drug-likeness (QED) is 0.0198. The predicted octanol–water partition coefficient (Wildman–Crippen LogP) is 14.8. The third kappa shape index (κ3) is 48.1. The monoisotopic (exact) mass is 858 g/mol. The number of quaternary nitrogens is 1. The Kier molecular flexibility index (Phi) is 43.3. The van der Waals surface area contributed by atoms with Gasteiger partial charge in [-0.1, -0.05) is 219 Å². The minimum atomic E-state index is -4.52. The number of hydrogen-bond donors (Lipinski definition) is 0. The molecule has 0 saturated carbocycles. The summed E-state index contributed by atoms with van der Waals surface area (Å²) in [4.78, 5) is 25.1. The van der Waals surface area contributed by atoms with Crippen molar-refractivity contribution < 1.29 is 37.3 Å². The number of esters is 1. The number of ether oxygens (including phenoxy) is 2. The van der Waals surface area contributed by atoms with Gasteiger partial charge in [0.1, 0.15) is 19.3 Å². The van der Waals surface area contributed by atoms with Crippen LogP contribution < -0.4 is 4.89 Å². The highest BCUT2D eigenvalue weighted by Crippen LogP contribution is 2.38. The van der Waals surface area contributed by atoms with Crippen molar-refractivity contribution in [3.05, 3.63) is 12.2 Å². The summed E-state index contributed by atoms with van der Waals surface area (Å²) in [6.45, 7) is 5.42. The SMILES string of the molecule is CCCC/C=C\CCCCCCCCOCC(COP(=O)([O-])OCC[N+](C)(C)C)OC(=O)CCCCCCCCCCCCCCCCCCCCCCCCCCC. The van der Waals surface area contributed by atoms with Gasteiger partial charge in [-0.25, -0.2) is 0 Å². The van der Waals surface area contributed by atoms with Gasteiger partial charge in [0.05, 0.1) is 34.4 Å². The molecule has 352 valence electrons. The Labute approximate surface area is 367 Å². The second kappa shape index (κ2) is 43.9. The second-order valence-corrected chi connectivity index (χ2v) is 19.9. The van der Waals surface area contributed by atoms with E-state index in [1.165, 1.54) is 193 Å². The van der Waals surface area contributed by atoms with Crippen LogP contribution in [0.4, 0.5) is 0 Å². The lowest BCUT2D eigenvalue weighted by Gasteiger charge is -2.28. The fourth-order valence-electron chi connectivity index (χ4n) is 7.35. The van der Waals surface area contributed by atoms with Crippen LogP contribution in [0.5, 0.6) is 0 Å². The Bertz CT molecular complexity index is 956. The van der Waals surface area contributed by atoms with Crippen LogP contribution in [0.1, 0.15) is 245 Å². The van der Waals surface area contributed by atoms with Crippen molar-refractivity contribution in [3.8, 4) is 0 Å². The zero-order chi connectivity index (χ0) is 43.4. The molecule has 9 heteroatoms.